The summed E-state index contributed by atoms with van der Waals surface area (Å²) in [6.07, 6.45) is 5.02. The van der Waals surface area contributed by atoms with Crippen molar-refractivity contribution in [1.29, 1.82) is 0 Å². The molecule has 0 atom stereocenters. The van der Waals surface area contributed by atoms with E-state index in [0.717, 1.165) is 6.07 Å². The molecule has 0 bridgehead atoms. The fourth-order valence-electron chi connectivity index (χ4n) is 1.33. The van der Waals surface area contributed by atoms with Gasteiger partial charge in [0.15, 0.2) is 11.6 Å². The quantitative estimate of drug-likeness (QED) is 0.848. The summed E-state index contributed by atoms with van der Waals surface area (Å²) in [5.74, 6) is 1.39. The SMILES string of the molecule is C#CCOc1ccc(C(=O)NCC(C)(C)C)cc1F. The van der Waals surface area contributed by atoms with Crippen molar-refractivity contribution in [1.82, 2.24) is 5.32 Å². The number of nitrogens with one attached hydrogen (secondary N) is 1. The Hall–Kier alpha value is -2.02. The highest BCUT2D eigenvalue weighted by Crippen LogP contribution is 2.18. The van der Waals surface area contributed by atoms with Crippen molar-refractivity contribution < 1.29 is 13.9 Å². The van der Waals surface area contributed by atoms with E-state index in [2.05, 4.69) is 11.2 Å². The standard InChI is InChI=1S/C15H18FNO2/c1-5-8-19-13-7-6-11(9-12(13)16)14(18)17-10-15(2,3)4/h1,6-7,9H,8,10H2,2-4H3,(H,17,18). The maximum absolute atomic E-state index is 13.6. The molecule has 1 amide bonds. The Morgan fingerprint density at radius 1 is 1.47 bits per heavy atom. The highest BCUT2D eigenvalue weighted by molar-refractivity contribution is 5.94. The van der Waals surface area contributed by atoms with Crippen LogP contribution in [0.1, 0.15) is 31.1 Å². The third-order valence-electron chi connectivity index (χ3n) is 2.28. The molecule has 0 radical (unpaired) electrons. The molecule has 1 rings (SSSR count). The molecule has 0 aliphatic rings. The Morgan fingerprint density at radius 3 is 2.68 bits per heavy atom. The molecule has 102 valence electrons. The molecule has 1 aromatic rings. The number of hydrogen-bond acceptors (Lipinski definition) is 2. The zero-order chi connectivity index (χ0) is 14.5. The molecular formula is C15H18FNO2. The van der Waals surface area contributed by atoms with E-state index in [1.54, 1.807) is 0 Å². The van der Waals surface area contributed by atoms with E-state index in [1.807, 2.05) is 20.8 Å². The van der Waals surface area contributed by atoms with Gasteiger partial charge in [-0.2, -0.15) is 0 Å². The fraction of sp³-hybridized carbons (Fsp3) is 0.400. The van der Waals surface area contributed by atoms with Gasteiger partial charge in [0, 0.05) is 12.1 Å². The Balaban J connectivity index is 2.72. The monoisotopic (exact) mass is 263 g/mol. The third kappa shape index (κ3) is 5.01. The van der Waals surface area contributed by atoms with Gasteiger partial charge >= 0.3 is 0 Å². The van der Waals surface area contributed by atoms with Crippen LogP contribution in [0.5, 0.6) is 5.75 Å². The molecular weight excluding hydrogens is 245 g/mol. The second-order valence-electron chi connectivity index (χ2n) is 5.38. The number of ether oxygens (including phenoxy) is 1. The smallest absolute Gasteiger partial charge is 0.251 e. The molecule has 0 saturated heterocycles. The summed E-state index contributed by atoms with van der Waals surface area (Å²) >= 11 is 0. The predicted molar refractivity (Wildman–Crippen MR) is 72.5 cm³/mol. The van der Waals surface area contributed by atoms with Crippen LogP contribution in [0.3, 0.4) is 0 Å². The fourth-order valence-corrected chi connectivity index (χ4v) is 1.33. The average molecular weight is 263 g/mol. The van der Waals surface area contributed by atoms with Crippen LogP contribution in [0.2, 0.25) is 0 Å². The molecule has 0 fully saturated rings. The first-order valence-electron chi connectivity index (χ1n) is 5.97. The number of carbonyl (C=O) groups excluding carboxylic acids is 1. The first kappa shape index (κ1) is 15.0. The van der Waals surface area contributed by atoms with Crippen molar-refractivity contribution in [3.8, 4) is 18.1 Å². The zero-order valence-electron chi connectivity index (χ0n) is 11.4. The minimum absolute atomic E-state index is 0.00745. The maximum atomic E-state index is 13.6. The van der Waals surface area contributed by atoms with Gasteiger partial charge in [0.1, 0.15) is 6.61 Å². The molecule has 19 heavy (non-hydrogen) atoms. The first-order valence-corrected chi connectivity index (χ1v) is 5.97. The maximum Gasteiger partial charge on any atom is 0.251 e. The lowest BCUT2D eigenvalue weighted by Gasteiger charge is -2.18. The van der Waals surface area contributed by atoms with E-state index in [4.69, 9.17) is 11.2 Å². The highest BCUT2D eigenvalue weighted by Gasteiger charge is 2.14. The summed E-state index contributed by atoms with van der Waals surface area (Å²) < 4.78 is 18.6. The summed E-state index contributed by atoms with van der Waals surface area (Å²) in [5.41, 5.74) is 0.235. The van der Waals surface area contributed by atoms with Gasteiger partial charge in [-0.1, -0.05) is 26.7 Å². The van der Waals surface area contributed by atoms with Gasteiger partial charge in [-0.3, -0.25) is 4.79 Å². The van der Waals surface area contributed by atoms with E-state index in [-0.39, 0.29) is 29.2 Å². The Labute approximate surface area is 113 Å². The van der Waals surface area contributed by atoms with Crippen LogP contribution in [0.25, 0.3) is 0 Å². The first-order chi connectivity index (χ1) is 8.83. The second-order valence-corrected chi connectivity index (χ2v) is 5.38. The summed E-state index contributed by atoms with van der Waals surface area (Å²) in [5, 5.41) is 2.75. The van der Waals surface area contributed by atoms with Crippen LogP contribution < -0.4 is 10.1 Å². The number of hydrogen-bond donors (Lipinski definition) is 1. The van der Waals surface area contributed by atoms with E-state index < -0.39 is 5.82 Å². The molecule has 0 heterocycles. The van der Waals surface area contributed by atoms with Crippen molar-refractivity contribution in [2.45, 2.75) is 20.8 Å². The highest BCUT2D eigenvalue weighted by atomic mass is 19.1. The lowest BCUT2D eigenvalue weighted by atomic mass is 9.97. The number of halogens is 1. The molecule has 0 aliphatic carbocycles. The van der Waals surface area contributed by atoms with Crippen molar-refractivity contribution >= 4 is 5.91 Å². The van der Waals surface area contributed by atoms with E-state index in [9.17, 15) is 9.18 Å². The Kier molecular flexibility index (Phi) is 4.94. The lowest BCUT2D eigenvalue weighted by molar-refractivity contribution is 0.0939. The van der Waals surface area contributed by atoms with Gasteiger partial charge in [0.25, 0.3) is 5.91 Å². The molecule has 0 spiro atoms. The minimum Gasteiger partial charge on any atom is -0.478 e. The summed E-state index contributed by atoms with van der Waals surface area (Å²) in [7, 11) is 0. The van der Waals surface area contributed by atoms with Crippen LogP contribution in [-0.4, -0.2) is 19.1 Å². The van der Waals surface area contributed by atoms with Gasteiger partial charge in [0.2, 0.25) is 0 Å². The van der Waals surface area contributed by atoms with Crippen molar-refractivity contribution in [2.75, 3.05) is 13.2 Å². The summed E-state index contributed by atoms with van der Waals surface area (Å²) in [4.78, 5) is 11.8. The Bertz CT molecular complexity index is 498. The molecule has 4 heteroatoms. The number of benzene rings is 1. The topological polar surface area (TPSA) is 38.3 Å². The molecule has 1 aromatic carbocycles. The lowest BCUT2D eigenvalue weighted by Crippen LogP contribution is -2.32. The Morgan fingerprint density at radius 2 is 2.16 bits per heavy atom. The number of terminal acetylenes is 1. The predicted octanol–water partition coefficient (Wildman–Crippen LogP) is 2.61. The zero-order valence-corrected chi connectivity index (χ0v) is 11.4. The van der Waals surface area contributed by atoms with Gasteiger partial charge in [-0.05, 0) is 23.6 Å². The van der Waals surface area contributed by atoms with Gasteiger partial charge in [0.05, 0.1) is 0 Å². The van der Waals surface area contributed by atoms with Crippen molar-refractivity contribution in [3.05, 3.63) is 29.6 Å². The van der Waals surface area contributed by atoms with Gasteiger partial charge in [-0.25, -0.2) is 4.39 Å². The molecule has 0 aromatic heterocycles. The van der Waals surface area contributed by atoms with E-state index in [1.165, 1.54) is 12.1 Å². The minimum atomic E-state index is -0.598. The van der Waals surface area contributed by atoms with Crippen LogP contribution >= 0.6 is 0 Å². The summed E-state index contributed by atoms with van der Waals surface area (Å²) in [6, 6.07) is 4.05. The molecule has 0 aliphatic heterocycles. The largest absolute Gasteiger partial charge is 0.478 e. The molecule has 1 N–H and O–H groups in total. The van der Waals surface area contributed by atoms with Crippen LogP contribution in [0.4, 0.5) is 4.39 Å². The average Bonchev–Trinajstić information content (AvgIpc) is 2.33. The number of amides is 1. The second kappa shape index (κ2) is 6.24. The van der Waals surface area contributed by atoms with Crippen LogP contribution in [-0.2, 0) is 0 Å². The van der Waals surface area contributed by atoms with Crippen LogP contribution in [0, 0.1) is 23.6 Å². The summed E-state index contributed by atoms with van der Waals surface area (Å²) in [6.45, 7) is 6.52. The normalized spacial score (nSPS) is 10.7. The molecule has 0 saturated carbocycles. The van der Waals surface area contributed by atoms with Gasteiger partial charge < -0.3 is 10.1 Å². The van der Waals surface area contributed by atoms with Gasteiger partial charge in [-0.15, -0.1) is 6.42 Å². The number of carbonyl (C=O) groups is 1. The molecule has 3 nitrogen and oxygen atoms in total. The molecule has 0 unspecified atom stereocenters. The van der Waals surface area contributed by atoms with E-state index in [0.29, 0.717) is 6.54 Å². The number of rotatable bonds is 4. The third-order valence-corrected chi connectivity index (χ3v) is 2.28. The van der Waals surface area contributed by atoms with Crippen molar-refractivity contribution in [3.63, 3.8) is 0 Å². The van der Waals surface area contributed by atoms with Crippen LogP contribution in [0.15, 0.2) is 18.2 Å². The van der Waals surface area contributed by atoms with E-state index >= 15 is 0 Å². The van der Waals surface area contributed by atoms with Crippen molar-refractivity contribution in [2.24, 2.45) is 5.41 Å².